The van der Waals surface area contributed by atoms with Gasteiger partial charge in [-0.25, -0.2) is 14.2 Å². The first-order valence-corrected chi connectivity index (χ1v) is 13.1. The average molecular weight is 542 g/mol. The first-order chi connectivity index (χ1) is 18.3. The lowest BCUT2D eigenvalue weighted by atomic mass is 9.91. The fourth-order valence-corrected chi connectivity index (χ4v) is 4.49. The number of nitrogens with one attached hydrogen (secondary N) is 2. The maximum Gasteiger partial charge on any atom is 0.416 e. The molecule has 1 fully saturated rings. The zero-order valence-electron chi connectivity index (χ0n) is 23.2. The number of non-ortho nitro benzene ring substituents is 1. The van der Waals surface area contributed by atoms with E-state index in [9.17, 15) is 19.3 Å². The molecule has 1 saturated heterocycles. The van der Waals surface area contributed by atoms with E-state index in [1.54, 1.807) is 33.0 Å². The monoisotopic (exact) mass is 541 g/mol. The molecule has 2 N–H and O–H groups in total. The van der Waals surface area contributed by atoms with Crippen LogP contribution in [0.5, 0.6) is 0 Å². The Hall–Kier alpha value is -3.80. The molecular formula is C27H36FN7O4. The highest BCUT2D eigenvalue weighted by Crippen LogP contribution is 2.29. The predicted octanol–water partition coefficient (Wildman–Crippen LogP) is 5.22. The molecule has 3 aromatic rings. The Labute approximate surface area is 226 Å². The Morgan fingerprint density at radius 1 is 1.33 bits per heavy atom. The van der Waals surface area contributed by atoms with Crippen LogP contribution >= 0.6 is 0 Å². The van der Waals surface area contributed by atoms with E-state index in [2.05, 4.69) is 29.6 Å². The highest BCUT2D eigenvalue weighted by atomic mass is 19.1. The van der Waals surface area contributed by atoms with Gasteiger partial charge in [0, 0.05) is 47.5 Å². The Morgan fingerprint density at radius 2 is 2.08 bits per heavy atom. The van der Waals surface area contributed by atoms with Crippen LogP contribution in [0.1, 0.15) is 65.5 Å². The standard InChI is InChI=1S/C27H36FN7O4/c1-7-17-14-30-34-23(13-22(32-24(17)34)31-19-10-11-27(5,6)29-15-19)33(25(36)39-26(2,3)4)16-18-12-20(35(37)38)8-9-21(18)28/h8-9,12-14,19,29H,7,10-11,15-16H2,1-6H3,(H,31,32)/t19-/m0/s1. The Kier molecular flexibility index (Phi) is 7.78. The lowest BCUT2D eigenvalue weighted by Gasteiger charge is -2.36. The molecule has 210 valence electrons. The summed E-state index contributed by atoms with van der Waals surface area (Å²) in [6.07, 6.45) is 3.49. The summed E-state index contributed by atoms with van der Waals surface area (Å²) in [5.41, 5.74) is 0.317. The van der Waals surface area contributed by atoms with Gasteiger partial charge in [0.15, 0.2) is 5.65 Å². The van der Waals surface area contributed by atoms with Crippen LogP contribution in [0.2, 0.25) is 0 Å². The van der Waals surface area contributed by atoms with Gasteiger partial charge in [-0.2, -0.15) is 9.61 Å². The molecule has 2 aromatic heterocycles. The van der Waals surface area contributed by atoms with E-state index in [4.69, 9.17) is 9.72 Å². The molecule has 3 heterocycles. The number of halogens is 1. The number of hydrogen-bond acceptors (Lipinski definition) is 8. The zero-order valence-corrected chi connectivity index (χ0v) is 23.2. The molecule has 11 nitrogen and oxygen atoms in total. The molecule has 0 bridgehead atoms. The van der Waals surface area contributed by atoms with Crippen molar-refractivity contribution in [1.29, 1.82) is 0 Å². The van der Waals surface area contributed by atoms with Crippen LogP contribution in [0.4, 0.5) is 26.5 Å². The predicted molar refractivity (Wildman–Crippen MR) is 147 cm³/mol. The fraction of sp³-hybridized carbons (Fsp3) is 0.519. The topological polar surface area (TPSA) is 127 Å². The summed E-state index contributed by atoms with van der Waals surface area (Å²) in [6, 6.07) is 5.02. The number of nitro groups is 1. The third-order valence-electron chi connectivity index (χ3n) is 6.66. The minimum absolute atomic E-state index is 0.0314. The minimum Gasteiger partial charge on any atom is -0.443 e. The van der Waals surface area contributed by atoms with Crippen molar-refractivity contribution < 1.29 is 18.8 Å². The Balaban J connectivity index is 1.80. The van der Waals surface area contributed by atoms with Crippen molar-refractivity contribution >= 4 is 29.1 Å². The van der Waals surface area contributed by atoms with Crippen LogP contribution in [0, 0.1) is 15.9 Å². The lowest BCUT2D eigenvalue weighted by molar-refractivity contribution is -0.385. The van der Waals surface area contributed by atoms with Gasteiger partial charge in [-0.3, -0.25) is 15.0 Å². The molecule has 0 aliphatic carbocycles. The number of aromatic nitrogens is 3. The van der Waals surface area contributed by atoms with Gasteiger partial charge in [0.1, 0.15) is 23.1 Å². The number of nitro benzene ring substituents is 1. The molecule has 12 heteroatoms. The number of nitrogens with zero attached hydrogens (tertiary/aromatic N) is 5. The fourth-order valence-electron chi connectivity index (χ4n) is 4.49. The van der Waals surface area contributed by atoms with Gasteiger partial charge in [0.2, 0.25) is 0 Å². The van der Waals surface area contributed by atoms with Crippen molar-refractivity contribution in [2.24, 2.45) is 0 Å². The summed E-state index contributed by atoms with van der Waals surface area (Å²) in [7, 11) is 0. The minimum atomic E-state index is -0.844. The number of aryl methyl sites for hydroxylation is 1. The maximum atomic E-state index is 14.9. The number of carbonyl (C=O) groups is 1. The number of anilines is 2. The third-order valence-corrected chi connectivity index (χ3v) is 6.66. The van der Waals surface area contributed by atoms with E-state index in [0.717, 1.165) is 43.1 Å². The van der Waals surface area contributed by atoms with Crippen molar-refractivity contribution in [2.75, 3.05) is 16.8 Å². The van der Waals surface area contributed by atoms with Gasteiger partial charge in [-0.1, -0.05) is 6.92 Å². The van der Waals surface area contributed by atoms with Crippen LogP contribution in [-0.2, 0) is 17.7 Å². The summed E-state index contributed by atoms with van der Waals surface area (Å²) in [6.45, 7) is 11.9. The molecule has 1 aliphatic rings. The first kappa shape index (κ1) is 28.2. The average Bonchev–Trinajstić information content (AvgIpc) is 3.26. The number of hydrogen-bond donors (Lipinski definition) is 2. The highest BCUT2D eigenvalue weighted by Gasteiger charge is 2.30. The van der Waals surface area contributed by atoms with Crippen LogP contribution < -0.4 is 15.5 Å². The van der Waals surface area contributed by atoms with E-state index in [-0.39, 0.29) is 29.4 Å². The number of carbonyl (C=O) groups excluding carboxylic acids is 1. The van der Waals surface area contributed by atoms with Crippen LogP contribution in [0.3, 0.4) is 0 Å². The molecule has 0 radical (unpaired) electrons. The van der Waals surface area contributed by atoms with Crippen molar-refractivity contribution in [2.45, 2.75) is 84.5 Å². The molecule has 4 rings (SSSR count). The summed E-state index contributed by atoms with van der Waals surface area (Å²) < 4.78 is 22.1. The molecule has 1 aromatic carbocycles. The summed E-state index contributed by atoms with van der Waals surface area (Å²) in [4.78, 5) is 30.3. The number of rotatable bonds is 7. The van der Waals surface area contributed by atoms with Gasteiger partial charge < -0.3 is 15.4 Å². The summed E-state index contributed by atoms with van der Waals surface area (Å²) >= 11 is 0. The number of benzene rings is 1. The SMILES string of the molecule is CCc1cnn2c(N(Cc3cc([N+](=O)[O-])ccc3F)C(=O)OC(C)(C)C)cc(N[C@H]3CCC(C)(C)NC3)nc12. The number of fused-ring (bicyclic) bond motifs is 1. The highest BCUT2D eigenvalue weighted by molar-refractivity contribution is 5.88. The molecular weight excluding hydrogens is 505 g/mol. The summed E-state index contributed by atoms with van der Waals surface area (Å²) in [5, 5.41) is 22.8. The molecule has 0 spiro atoms. The van der Waals surface area contributed by atoms with Crippen LogP contribution in [0.25, 0.3) is 5.65 Å². The smallest absolute Gasteiger partial charge is 0.416 e. The van der Waals surface area contributed by atoms with Crippen LogP contribution in [-0.4, -0.2) is 49.3 Å². The molecule has 39 heavy (non-hydrogen) atoms. The van der Waals surface area contributed by atoms with E-state index in [1.807, 2.05) is 6.92 Å². The second-order valence-corrected chi connectivity index (χ2v) is 11.5. The largest absolute Gasteiger partial charge is 0.443 e. The van der Waals surface area contributed by atoms with Gasteiger partial charge in [-0.05, 0) is 59.9 Å². The molecule has 0 saturated carbocycles. The first-order valence-electron chi connectivity index (χ1n) is 13.1. The zero-order chi connectivity index (χ0) is 28.5. The lowest BCUT2D eigenvalue weighted by Crippen LogP contribution is -2.50. The van der Waals surface area contributed by atoms with Crippen LogP contribution in [0.15, 0.2) is 30.5 Å². The van der Waals surface area contributed by atoms with Crippen molar-refractivity contribution in [1.82, 2.24) is 19.9 Å². The van der Waals surface area contributed by atoms with E-state index < -0.39 is 22.4 Å². The van der Waals surface area contributed by atoms with E-state index in [1.165, 1.54) is 9.42 Å². The number of ether oxygens (including phenoxy) is 1. The van der Waals surface area contributed by atoms with Gasteiger partial charge in [0.05, 0.1) is 17.7 Å². The van der Waals surface area contributed by atoms with E-state index >= 15 is 0 Å². The molecule has 1 atom stereocenters. The normalized spacial score (nSPS) is 17.2. The molecule has 1 aliphatic heterocycles. The number of amides is 1. The van der Waals surface area contributed by atoms with Gasteiger partial charge in [-0.15, -0.1) is 0 Å². The Morgan fingerprint density at radius 3 is 2.69 bits per heavy atom. The maximum absolute atomic E-state index is 14.9. The van der Waals surface area contributed by atoms with Gasteiger partial charge in [0.25, 0.3) is 5.69 Å². The van der Waals surface area contributed by atoms with Crippen molar-refractivity contribution in [3.63, 3.8) is 0 Å². The van der Waals surface area contributed by atoms with Crippen molar-refractivity contribution in [3.8, 4) is 0 Å². The quantitative estimate of drug-likeness (QED) is 0.308. The van der Waals surface area contributed by atoms with Gasteiger partial charge >= 0.3 is 6.09 Å². The van der Waals surface area contributed by atoms with Crippen molar-refractivity contribution in [3.05, 3.63) is 57.5 Å². The third kappa shape index (κ3) is 6.62. The summed E-state index contributed by atoms with van der Waals surface area (Å²) in [5.74, 6) is 0.155. The second-order valence-electron chi connectivity index (χ2n) is 11.5. The number of piperidine rings is 1. The molecule has 0 unspecified atom stereocenters. The molecule has 1 amide bonds. The Bertz CT molecular complexity index is 1370. The van der Waals surface area contributed by atoms with E-state index in [0.29, 0.717) is 23.7 Å². The second kappa shape index (κ2) is 10.8.